The fraction of sp³-hybridized carbons (Fsp3) is 0.400. The molecule has 3 heterocycles. The van der Waals surface area contributed by atoms with Gasteiger partial charge in [-0.15, -0.1) is 11.3 Å². The Bertz CT molecular complexity index is 591. The zero-order valence-electron chi connectivity index (χ0n) is 11.6. The van der Waals surface area contributed by atoms with Crippen LogP contribution in [0.15, 0.2) is 34.9 Å². The van der Waals surface area contributed by atoms with Crippen LogP contribution in [-0.2, 0) is 0 Å². The lowest BCUT2D eigenvalue weighted by molar-refractivity contribution is -0.919. The van der Waals surface area contributed by atoms with Crippen LogP contribution in [0.4, 0.5) is 0 Å². The summed E-state index contributed by atoms with van der Waals surface area (Å²) in [6, 6.07) is 7.58. The Morgan fingerprint density at radius 1 is 1.38 bits per heavy atom. The molecule has 0 bridgehead atoms. The minimum absolute atomic E-state index is 0.0675. The number of hydrogen-bond donors (Lipinski definition) is 2. The fourth-order valence-electron chi connectivity index (χ4n) is 2.83. The van der Waals surface area contributed by atoms with E-state index in [0.29, 0.717) is 15.8 Å². The maximum absolute atomic E-state index is 12.1. The molecule has 2 aromatic heterocycles. The minimum atomic E-state index is -0.0675. The molecule has 1 aliphatic rings. The summed E-state index contributed by atoms with van der Waals surface area (Å²) in [6.07, 6.45) is 4.17. The Hall–Kier alpha value is -1.30. The highest BCUT2D eigenvalue weighted by Gasteiger charge is 2.29. The maximum Gasteiger partial charge on any atom is 0.261 e. The minimum Gasteiger partial charge on any atom is -0.463 e. The van der Waals surface area contributed by atoms with Gasteiger partial charge in [-0.05, 0) is 24.3 Å². The van der Waals surface area contributed by atoms with E-state index in [2.05, 4.69) is 5.32 Å². The van der Waals surface area contributed by atoms with Gasteiger partial charge in [-0.3, -0.25) is 4.79 Å². The molecule has 0 saturated carbocycles. The average molecular weight is 326 g/mol. The van der Waals surface area contributed by atoms with E-state index >= 15 is 0 Å². The number of carbonyl (C=O) groups is 1. The van der Waals surface area contributed by atoms with Crippen LogP contribution in [0.5, 0.6) is 0 Å². The van der Waals surface area contributed by atoms with Crippen LogP contribution in [0.25, 0.3) is 0 Å². The molecular weight excluding hydrogens is 308 g/mol. The van der Waals surface area contributed by atoms with Gasteiger partial charge in [0.2, 0.25) is 0 Å². The molecule has 0 radical (unpaired) electrons. The van der Waals surface area contributed by atoms with Crippen LogP contribution >= 0.6 is 22.9 Å². The zero-order chi connectivity index (χ0) is 14.7. The van der Waals surface area contributed by atoms with E-state index < -0.39 is 0 Å². The van der Waals surface area contributed by atoms with Gasteiger partial charge in [-0.2, -0.15) is 0 Å². The fourth-order valence-corrected chi connectivity index (χ4v) is 3.79. The van der Waals surface area contributed by atoms with Crippen LogP contribution < -0.4 is 10.2 Å². The summed E-state index contributed by atoms with van der Waals surface area (Å²) in [7, 11) is 0. The predicted molar refractivity (Wildman–Crippen MR) is 83.0 cm³/mol. The lowest BCUT2D eigenvalue weighted by atomic mass is 10.2. The van der Waals surface area contributed by atoms with Gasteiger partial charge in [0.1, 0.15) is 0 Å². The SMILES string of the molecule is O=C(NC[C@H](c1ccco1)[NH+]1CCCC1)c1ccc(Cl)s1. The second-order valence-electron chi connectivity index (χ2n) is 5.25. The number of nitrogens with one attached hydrogen (secondary N) is 2. The van der Waals surface area contributed by atoms with Crippen LogP contribution in [0.3, 0.4) is 0 Å². The summed E-state index contributed by atoms with van der Waals surface area (Å²) in [5.74, 6) is 0.874. The third-order valence-electron chi connectivity index (χ3n) is 3.89. The van der Waals surface area contributed by atoms with Crippen molar-refractivity contribution in [1.82, 2.24) is 5.32 Å². The van der Waals surface area contributed by atoms with Gasteiger partial charge in [-0.1, -0.05) is 11.6 Å². The summed E-state index contributed by atoms with van der Waals surface area (Å²) in [5.41, 5.74) is 0. The number of carbonyl (C=O) groups excluding carboxylic acids is 1. The number of rotatable bonds is 5. The van der Waals surface area contributed by atoms with Gasteiger partial charge in [-0.25, -0.2) is 0 Å². The van der Waals surface area contributed by atoms with Crippen molar-refractivity contribution in [2.75, 3.05) is 19.6 Å². The quantitative estimate of drug-likeness (QED) is 0.885. The summed E-state index contributed by atoms with van der Waals surface area (Å²) >= 11 is 7.17. The number of likely N-dealkylation sites (tertiary alicyclic amines) is 1. The topological polar surface area (TPSA) is 46.7 Å². The molecule has 21 heavy (non-hydrogen) atoms. The zero-order valence-corrected chi connectivity index (χ0v) is 13.2. The van der Waals surface area contributed by atoms with Crippen molar-refractivity contribution < 1.29 is 14.1 Å². The first kappa shape index (κ1) is 14.6. The van der Waals surface area contributed by atoms with Crippen LogP contribution in [0.1, 0.15) is 34.3 Å². The number of amides is 1. The predicted octanol–water partition coefficient (Wildman–Crippen LogP) is 2.14. The number of hydrogen-bond acceptors (Lipinski definition) is 3. The van der Waals surface area contributed by atoms with Crippen molar-refractivity contribution in [3.8, 4) is 0 Å². The maximum atomic E-state index is 12.1. The monoisotopic (exact) mass is 325 g/mol. The standard InChI is InChI=1S/C15H17ClN2O2S/c16-14-6-5-13(21-14)15(19)17-10-11(12-4-3-9-20-12)18-7-1-2-8-18/h3-6,9,11H,1-2,7-8,10H2,(H,17,19)/p+1/t11-/m1/s1. The van der Waals surface area contributed by atoms with E-state index in [1.807, 2.05) is 12.1 Å². The van der Waals surface area contributed by atoms with Crippen LogP contribution in [0.2, 0.25) is 4.34 Å². The van der Waals surface area contributed by atoms with Gasteiger partial charge < -0.3 is 14.6 Å². The normalized spacial score (nSPS) is 17.0. The molecule has 2 aromatic rings. The smallest absolute Gasteiger partial charge is 0.261 e. The van der Waals surface area contributed by atoms with Crippen molar-refractivity contribution >= 4 is 28.8 Å². The van der Waals surface area contributed by atoms with Crippen molar-refractivity contribution in [3.05, 3.63) is 45.5 Å². The number of thiophene rings is 1. The number of furan rings is 1. The van der Waals surface area contributed by atoms with E-state index in [1.165, 1.54) is 29.1 Å². The van der Waals surface area contributed by atoms with Crippen LogP contribution in [0, 0.1) is 0 Å². The summed E-state index contributed by atoms with van der Waals surface area (Å²) in [4.78, 5) is 14.3. The van der Waals surface area contributed by atoms with Crippen molar-refractivity contribution in [2.24, 2.45) is 0 Å². The molecule has 1 atom stereocenters. The molecule has 3 rings (SSSR count). The third-order valence-corrected chi connectivity index (χ3v) is 5.12. The van der Waals surface area contributed by atoms with Gasteiger partial charge in [0.05, 0.1) is 35.1 Å². The van der Waals surface area contributed by atoms with Gasteiger partial charge in [0, 0.05) is 12.8 Å². The van der Waals surface area contributed by atoms with E-state index in [1.54, 1.807) is 18.4 Å². The van der Waals surface area contributed by atoms with E-state index in [4.69, 9.17) is 16.0 Å². The molecule has 1 amide bonds. The average Bonchev–Trinajstić information content (AvgIpc) is 3.21. The molecule has 0 aromatic carbocycles. The first-order valence-electron chi connectivity index (χ1n) is 7.15. The molecule has 4 nitrogen and oxygen atoms in total. The highest BCUT2D eigenvalue weighted by atomic mass is 35.5. The van der Waals surface area contributed by atoms with Gasteiger partial charge in [0.15, 0.2) is 11.8 Å². The molecule has 0 spiro atoms. The van der Waals surface area contributed by atoms with Crippen molar-refractivity contribution in [3.63, 3.8) is 0 Å². The Morgan fingerprint density at radius 3 is 2.81 bits per heavy atom. The van der Waals surface area contributed by atoms with E-state index in [9.17, 15) is 4.79 Å². The van der Waals surface area contributed by atoms with E-state index in [0.717, 1.165) is 18.8 Å². The highest BCUT2D eigenvalue weighted by Crippen LogP contribution is 2.21. The first-order valence-corrected chi connectivity index (χ1v) is 8.35. The molecule has 0 aliphatic carbocycles. The highest BCUT2D eigenvalue weighted by molar-refractivity contribution is 7.17. The number of quaternary nitrogens is 1. The lowest BCUT2D eigenvalue weighted by Gasteiger charge is -2.23. The second kappa shape index (κ2) is 6.64. The Balaban J connectivity index is 1.66. The summed E-state index contributed by atoms with van der Waals surface area (Å²) < 4.78 is 6.19. The van der Waals surface area contributed by atoms with Crippen molar-refractivity contribution in [1.29, 1.82) is 0 Å². The molecular formula is C15H18ClN2O2S+. The summed E-state index contributed by atoms with van der Waals surface area (Å²) in [6.45, 7) is 2.84. The molecule has 112 valence electrons. The van der Waals surface area contributed by atoms with Gasteiger partial charge in [0.25, 0.3) is 5.91 Å². The Kier molecular flexibility index (Phi) is 4.63. The molecule has 1 aliphatic heterocycles. The third kappa shape index (κ3) is 3.48. The molecule has 2 N–H and O–H groups in total. The largest absolute Gasteiger partial charge is 0.463 e. The molecule has 1 saturated heterocycles. The molecule has 0 unspecified atom stereocenters. The Morgan fingerprint density at radius 2 is 2.19 bits per heavy atom. The molecule has 1 fully saturated rings. The second-order valence-corrected chi connectivity index (χ2v) is 6.96. The number of halogens is 1. The van der Waals surface area contributed by atoms with Crippen LogP contribution in [-0.4, -0.2) is 25.5 Å². The van der Waals surface area contributed by atoms with Crippen molar-refractivity contribution in [2.45, 2.75) is 18.9 Å². The summed E-state index contributed by atoms with van der Waals surface area (Å²) in [5, 5.41) is 3.01. The van der Waals surface area contributed by atoms with Gasteiger partial charge >= 0.3 is 0 Å². The van der Waals surface area contributed by atoms with E-state index in [-0.39, 0.29) is 11.9 Å². The Labute approximate surface area is 132 Å². The first-order chi connectivity index (χ1) is 10.2. The molecule has 6 heteroatoms. The lowest BCUT2D eigenvalue weighted by Crippen LogP contribution is -3.11.